The molecule has 11 aromatic carbocycles. The van der Waals surface area contributed by atoms with Gasteiger partial charge in [-0.2, -0.15) is 0 Å². The molecule has 3 heteroatoms. The number of hydrogen-bond acceptors (Lipinski definition) is 2. The molecule has 0 fully saturated rings. The van der Waals surface area contributed by atoms with E-state index in [2.05, 4.69) is 235 Å². The molecule has 64 heavy (non-hydrogen) atoms. The average molecular weight is 817 g/mol. The van der Waals surface area contributed by atoms with E-state index < -0.39 is 0 Å². The quantitative estimate of drug-likeness (QED) is 0.156. The van der Waals surface area contributed by atoms with Crippen LogP contribution >= 0.6 is 0 Å². The van der Waals surface area contributed by atoms with Crippen molar-refractivity contribution < 1.29 is 4.42 Å². The second-order valence-electron chi connectivity index (χ2n) is 16.9. The number of benzene rings is 11. The van der Waals surface area contributed by atoms with Crippen LogP contribution in [0.15, 0.2) is 229 Å². The second kappa shape index (κ2) is 14.3. The molecule has 0 amide bonds. The molecule has 0 atom stereocenters. The summed E-state index contributed by atoms with van der Waals surface area (Å²) >= 11 is 0. The number of para-hydroxylation sites is 4. The average Bonchev–Trinajstić information content (AvgIpc) is 3.92. The predicted molar refractivity (Wildman–Crippen MR) is 271 cm³/mol. The van der Waals surface area contributed by atoms with Crippen molar-refractivity contribution >= 4 is 87.4 Å². The van der Waals surface area contributed by atoms with Crippen LogP contribution in [-0.4, -0.2) is 11.6 Å². The first-order valence-corrected chi connectivity index (χ1v) is 22.0. The standard InChI is InChI=1S/C61H40N2O/c1-62(42-17-14-16-39(36-42)40-32-34-49-47-22-5-4-20-45(47)46-21-6-7-23-48(46)54(49)37-40)56-28-11-8-24-50(56)44-19-3-2-18-43(44)41-33-35-58-55(38-41)51-25-9-12-29-57(51)63(58)59-30-15-27-53-52-26-10-13-31-60(52)64-61(53)59/h2-38H,1H3. The maximum Gasteiger partial charge on any atom is 0.159 e. The van der Waals surface area contributed by atoms with E-state index in [0.717, 1.165) is 50.0 Å². The Bertz CT molecular complexity index is 3960. The zero-order chi connectivity index (χ0) is 42.3. The Balaban J connectivity index is 0.904. The number of rotatable bonds is 6. The highest BCUT2D eigenvalue weighted by atomic mass is 16.3. The summed E-state index contributed by atoms with van der Waals surface area (Å²) in [6.45, 7) is 0. The fourth-order valence-corrected chi connectivity index (χ4v) is 10.4. The van der Waals surface area contributed by atoms with Crippen molar-refractivity contribution in [1.82, 2.24) is 4.57 Å². The van der Waals surface area contributed by atoms with Crippen LogP contribution < -0.4 is 4.90 Å². The van der Waals surface area contributed by atoms with Gasteiger partial charge in [0, 0.05) is 45.5 Å². The first kappa shape index (κ1) is 36.3. The molecular weight excluding hydrogens is 777 g/mol. The van der Waals surface area contributed by atoms with E-state index in [1.165, 1.54) is 76.5 Å². The summed E-state index contributed by atoms with van der Waals surface area (Å²) < 4.78 is 8.94. The Morgan fingerprint density at radius 2 is 0.891 bits per heavy atom. The highest BCUT2D eigenvalue weighted by molar-refractivity contribution is 6.26. The van der Waals surface area contributed by atoms with Crippen molar-refractivity contribution in [2.75, 3.05) is 11.9 Å². The zero-order valence-electron chi connectivity index (χ0n) is 35.2. The van der Waals surface area contributed by atoms with Crippen LogP contribution in [0.4, 0.5) is 11.4 Å². The SMILES string of the molecule is CN(c1cccc(-c2ccc3c4ccccc4c4ccccc4c3c2)c1)c1ccccc1-c1ccccc1-c1ccc2c(c1)c1ccccc1n2-c1cccc2c1oc1ccccc12. The summed E-state index contributed by atoms with van der Waals surface area (Å²) in [5, 5.41) is 12.4. The monoisotopic (exact) mass is 816 g/mol. The van der Waals surface area contributed by atoms with Crippen molar-refractivity contribution in [3.8, 4) is 39.1 Å². The van der Waals surface area contributed by atoms with Gasteiger partial charge in [-0.1, -0.05) is 170 Å². The van der Waals surface area contributed by atoms with Crippen molar-refractivity contribution in [2.24, 2.45) is 0 Å². The van der Waals surface area contributed by atoms with Crippen LogP contribution in [0.25, 0.3) is 115 Å². The van der Waals surface area contributed by atoms with Crippen molar-refractivity contribution in [1.29, 1.82) is 0 Å². The minimum absolute atomic E-state index is 0.895. The minimum atomic E-state index is 0.895. The van der Waals surface area contributed by atoms with Gasteiger partial charge in [-0.05, 0) is 115 Å². The summed E-state index contributed by atoms with van der Waals surface area (Å²) in [6, 6.07) is 81.5. The summed E-state index contributed by atoms with van der Waals surface area (Å²) in [7, 11) is 2.18. The van der Waals surface area contributed by atoms with E-state index in [1.807, 2.05) is 6.07 Å². The minimum Gasteiger partial charge on any atom is -0.454 e. The first-order valence-electron chi connectivity index (χ1n) is 22.0. The lowest BCUT2D eigenvalue weighted by atomic mass is 9.92. The summed E-state index contributed by atoms with van der Waals surface area (Å²) in [5.41, 5.74) is 14.5. The van der Waals surface area contributed by atoms with Gasteiger partial charge in [-0.15, -0.1) is 0 Å². The van der Waals surface area contributed by atoms with Crippen LogP contribution in [0.2, 0.25) is 0 Å². The molecule has 0 aliphatic carbocycles. The lowest BCUT2D eigenvalue weighted by Gasteiger charge is -2.24. The van der Waals surface area contributed by atoms with E-state index in [4.69, 9.17) is 4.42 Å². The number of anilines is 2. The van der Waals surface area contributed by atoms with Crippen LogP contribution in [0.3, 0.4) is 0 Å². The fourth-order valence-electron chi connectivity index (χ4n) is 10.4. The molecule has 0 N–H and O–H groups in total. The number of fused-ring (bicyclic) bond motifs is 12. The number of furan rings is 1. The molecule has 0 spiro atoms. The third-order valence-electron chi connectivity index (χ3n) is 13.4. The van der Waals surface area contributed by atoms with E-state index in [9.17, 15) is 0 Å². The Kier molecular flexibility index (Phi) is 8.13. The highest BCUT2D eigenvalue weighted by Gasteiger charge is 2.20. The third kappa shape index (κ3) is 5.54. The largest absolute Gasteiger partial charge is 0.454 e. The second-order valence-corrected chi connectivity index (χ2v) is 16.9. The van der Waals surface area contributed by atoms with Crippen LogP contribution in [0.1, 0.15) is 0 Å². The molecule has 2 heterocycles. The van der Waals surface area contributed by atoms with Gasteiger partial charge in [0.05, 0.1) is 16.7 Å². The summed E-state index contributed by atoms with van der Waals surface area (Å²) in [5.74, 6) is 0. The summed E-state index contributed by atoms with van der Waals surface area (Å²) in [6.07, 6.45) is 0. The zero-order valence-corrected chi connectivity index (χ0v) is 35.2. The van der Waals surface area contributed by atoms with Gasteiger partial charge in [0.1, 0.15) is 5.58 Å². The normalized spacial score (nSPS) is 11.8. The molecule has 0 unspecified atom stereocenters. The van der Waals surface area contributed by atoms with Gasteiger partial charge < -0.3 is 13.9 Å². The topological polar surface area (TPSA) is 21.3 Å². The highest BCUT2D eigenvalue weighted by Crippen LogP contribution is 2.44. The van der Waals surface area contributed by atoms with Crippen molar-refractivity contribution in [3.05, 3.63) is 224 Å². The lowest BCUT2D eigenvalue weighted by molar-refractivity contribution is 0.666. The number of nitrogens with zero attached hydrogens (tertiary/aromatic N) is 2. The van der Waals surface area contributed by atoms with Gasteiger partial charge in [0.25, 0.3) is 0 Å². The van der Waals surface area contributed by atoms with Crippen molar-refractivity contribution in [3.63, 3.8) is 0 Å². The molecule has 13 rings (SSSR count). The first-order chi connectivity index (χ1) is 31.7. The molecule has 0 bridgehead atoms. The van der Waals surface area contributed by atoms with Gasteiger partial charge in [0.15, 0.2) is 5.58 Å². The molecule has 0 aliphatic rings. The smallest absolute Gasteiger partial charge is 0.159 e. The molecule has 0 radical (unpaired) electrons. The van der Waals surface area contributed by atoms with Gasteiger partial charge in [0.2, 0.25) is 0 Å². The number of hydrogen-bond donors (Lipinski definition) is 0. The molecule has 13 aromatic rings. The molecule has 3 nitrogen and oxygen atoms in total. The van der Waals surface area contributed by atoms with E-state index in [-0.39, 0.29) is 0 Å². The maximum atomic E-state index is 6.57. The van der Waals surface area contributed by atoms with E-state index in [0.29, 0.717) is 0 Å². The van der Waals surface area contributed by atoms with E-state index >= 15 is 0 Å². The number of aromatic nitrogens is 1. The maximum absolute atomic E-state index is 6.57. The predicted octanol–water partition coefficient (Wildman–Crippen LogP) is 16.9. The Morgan fingerprint density at radius 3 is 1.69 bits per heavy atom. The van der Waals surface area contributed by atoms with Gasteiger partial charge in [-0.3, -0.25) is 0 Å². The molecule has 2 aromatic heterocycles. The van der Waals surface area contributed by atoms with Crippen LogP contribution in [0.5, 0.6) is 0 Å². The fraction of sp³-hybridized carbons (Fsp3) is 0.0164. The third-order valence-corrected chi connectivity index (χ3v) is 13.4. The Hall–Kier alpha value is -8.40. The van der Waals surface area contributed by atoms with Crippen LogP contribution in [-0.2, 0) is 0 Å². The molecule has 0 saturated heterocycles. The Morgan fingerprint density at radius 1 is 0.344 bits per heavy atom. The summed E-state index contributed by atoms with van der Waals surface area (Å²) in [4.78, 5) is 2.33. The van der Waals surface area contributed by atoms with Gasteiger partial charge >= 0.3 is 0 Å². The van der Waals surface area contributed by atoms with E-state index in [1.54, 1.807) is 0 Å². The Labute approximate surface area is 370 Å². The van der Waals surface area contributed by atoms with Crippen LogP contribution in [0, 0.1) is 0 Å². The lowest BCUT2D eigenvalue weighted by Crippen LogP contribution is -2.10. The molecule has 300 valence electrons. The molecule has 0 aliphatic heterocycles. The molecule has 0 saturated carbocycles. The van der Waals surface area contributed by atoms with Crippen molar-refractivity contribution in [2.45, 2.75) is 0 Å². The molecular formula is C61H40N2O. The van der Waals surface area contributed by atoms with Gasteiger partial charge in [-0.25, -0.2) is 0 Å².